The summed E-state index contributed by atoms with van der Waals surface area (Å²) in [5, 5.41) is 11.9. The predicted octanol–water partition coefficient (Wildman–Crippen LogP) is 3.62. The summed E-state index contributed by atoms with van der Waals surface area (Å²) in [5.74, 6) is 0. The van der Waals surface area contributed by atoms with Gasteiger partial charge in [-0.25, -0.2) is 4.79 Å². The van der Waals surface area contributed by atoms with Gasteiger partial charge in [-0.15, -0.1) is 4.48 Å². The van der Waals surface area contributed by atoms with Crippen LogP contribution in [0.4, 0.5) is 9.59 Å². The van der Waals surface area contributed by atoms with Crippen LogP contribution in [0.2, 0.25) is 0 Å². The number of nitrogens with zero attached hydrogens (tertiary/aromatic N) is 1. The second kappa shape index (κ2) is 8.80. The second-order valence-electron chi connectivity index (χ2n) is 7.02. The average Bonchev–Trinajstić information content (AvgIpc) is 3.00. The second-order valence-corrected chi connectivity index (χ2v) is 9.47. The molecule has 1 heterocycles. The monoisotopic (exact) mass is 383 g/mol. The van der Waals surface area contributed by atoms with Gasteiger partial charge in [0.1, 0.15) is 6.04 Å². The van der Waals surface area contributed by atoms with Crippen molar-refractivity contribution in [1.82, 2.24) is 5.32 Å². The van der Waals surface area contributed by atoms with Crippen LogP contribution in [-0.2, 0) is 11.0 Å². The molecular formula is C18H28N2O5P+. The zero-order chi connectivity index (χ0) is 19.2. The molecule has 0 bridgehead atoms. The molecule has 1 saturated heterocycles. The number of quaternary nitrogens is 1. The smallest absolute Gasteiger partial charge is 0.435 e. The Morgan fingerprint density at radius 2 is 1.96 bits per heavy atom. The molecule has 0 radical (unpaired) electrons. The Kier molecular flexibility index (Phi) is 6.98. The van der Waals surface area contributed by atoms with E-state index in [1.165, 1.54) is 5.56 Å². The summed E-state index contributed by atoms with van der Waals surface area (Å²) in [6.45, 7) is 1.94. The fraction of sp³-hybridized carbons (Fsp3) is 0.556. The van der Waals surface area contributed by atoms with E-state index in [1.807, 2.05) is 30.3 Å². The zero-order valence-corrected chi connectivity index (χ0v) is 16.0. The van der Waals surface area contributed by atoms with E-state index < -0.39 is 24.0 Å². The van der Waals surface area contributed by atoms with Crippen LogP contribution in [0.1, 0.15) is 38.2 Å². The molecule has 144 valence electrons. The molecule has 8 heteroatoms. The largest absolute Gasteiger partial charge is 0.523 e. The number of carboxylic acid groups (broad SMARTS) is 1. The number of likely N-dealkylation sites (tertiary alicyclic amines) is 1. The number of unbranched alkanes of at least 4 members (excludes halogenated alkanes) is 1. The number of nitrogens with one attached hydrogen (secondary N) is 1. The SMILES string of the molecule is C[C@@H]1CCC[N+]1(C(=O)O)C(=O)NCP(=O)(O)CCCCc1ccccc1. The van der Waals surface area contributed by atoms with Crippen LogP contribution in [0.5, 0.6) is 0 Å². The lowest BCUT2D eigenvalue weighted by atomic mass is 10.1. The van der Waals surface area contributed by atoms with Crippen molar-refractivity contribution in [2.45, 2.75) is 45.1 Å². The van der Waals surface area contributed by atoms with E-state index in [1.54, 1.807) is 6.92 Å². The molecule has 3 N–H and O–H groups in total. The Labute approximate surface area is 154 Å². The Hall–Kier alpha value is -1.69. The third-order valence-corrected chi connectivity index (χ3v) is 6.80. The Morgan fingerprint density at radius 1 is 1.27 bits per heavy atom. The first-order valence-electron chi connectivity index (χ1n) is 9.02. The minimum atomic E-state index is -3.52. The van der Waals surface area contributed by atoms with Crippen LogP contribution < -0.4 is 5.32 Å². The first kappa shape index (κ1) is 20.6. The predicted molar refractivity (Wildman–Crippen MR) is 99.3 cm³/mol. The van der Waals surface area contributed by atoms with Gasteiger partial charge in [0.15, 0.2) is 0 Å². The van der Waals surface area contributed by atoms with Gasteiger partial charge in [0.25, 0.3) is 0 Å². The van der Waals surface area contributed by atoms with E-state index >= 15 is 0 Å². The number of hydrogen-bond donors (Lipinski definition) is 3. The van der Waals surface area contributed by atoms with E-state index in [9.17, 15) is 24.2 Å². The van der Waals surface area contributed by atoms with Crippen molar-refractivity contribution in [3.05, 3.63) is 35.9 Å². The first-order valence-corrected chi connectivity index (χ1v) is 11.1. The molecule has 0 aliphatic carbocycles. The molecule has 0 saturated carbocycles. The summed E-state index contributed by atoms with van der Waals surface area (Å²) in [6, 6.07) is 8.87. The Balaban J connectivity index is 1.80. The molecule has 2 unspecified atom stereocenters. The molecule has 0 spiro atoms. The highest BCUT2D eigenvalue weighted by atomic mass is 31.2. The molecule has 2 rings (SSSR count). The molecular weight excluding hydrogens is 355 g/mol. The van der Waals surface area contributed by atoms with Gasteiger partial charge >= 0.3 is 12.1 Å². The summed E-state index contributed by atoms with van der Waals surface area (Å²) in [4.78, 5) is 34.1. The third kappa shape index (κ3) is 4.93. The molecule has 1 aromatic rings. The summed E-state index contributed by atoms with van der Waals surface area (Å²) in [5.41, 5.74) is 1.18. The van der Waals surface area contributed by atoms with Gasteiger partial charge in [-0.2, -0.15) is 4.79 Å². The summed E-state index contributed by atoms with van der Waals surface area (Å²) < 4.78 is 11.6. The Bertz CT molecular complexity index is 681. The third-order valence-electron chi connectivity index (χ3n) is 5.13. The minimum absolute atomic E-state index is 0.114. The van der Waals surface area contributed by atoms with Gasteiger partial charge in [-0.3, -0.25) is 9.88 Å². The quantitative estimate of drug-likeness (QED) is 0.379. The van der Waals surface area contributed by atoms with Crippen LogP contribution in [0.25, 0.3) is 0 Å². The summed E-state index contributed by atoms with van der Waals surface area (Å²) >= 11 is 0. The van der Waals surface area contributed by atoms with Crippen molar-refractivity contribution >= 4 is 19.5 Å². The number of amides is 3. The van der Waals surface area contributed by atoms with Gasteiger partial charge in [0.2, 0.25) is 7.37 Å². The van der Waals surface area contributed by atoms with Crippen molar-refractivity contribution in [1.29, 1.82) is 0 Å². The van der Waals surface area contributed by atoms with E-state index in [2.05, 4.69) is 5.32 Å². The molecule has 26 heavy (non-hydrogen) atoms. The highest BCUT2D eigenvalue weighted by Crippen LogP contribution is 2.40. The maximum Gasteiger partial charge on any atom is 0.523 e. The van der Waals surface area contributed by atoms with Crippen molar-refractivity contribution in [3.8, 4) is 0 Å². The lowest BCUT2D eigenvalue weighted by Gasteiger charge is -2.29. The minimum Gasteiger partial charge on any atom is -0.435 e. The lowest BCUT2D eigenvalue weighted by Crippen LogP contribution is -2.62. The van der Waals surface area contributed by atoms with Gasteiger partial charge in [-0.05, 0) is 31.7 Å². The van der Waals surface area contributed by atoms with Gasteiger partial charge in [0, 0.05) is 19.0 Å². The molecule has 3 amide bonds. The number of rotatable bonds is 7. The fourth-order valence-corrected chi connectivity index (χ4v) is 4.75. The number of hydrogen-bond acceptors (Lipinski definition) is 3. The fourth-order valence-electron chi connectivity index (χ4n) is 3.49. The number of benzene rings is 1. The maximum absolute atomic E-state index is 12.4. The van der Waals surface area contributed by atoms with Crippen molar-refractivity contribution in [3.63, 3.8) is 0 Å². The molecule has 0 aromatic heterocycles. The number of aryl methyl sites for hydroxylation is 1. The highest BCUT2D eigenvalue weighted by Gasteiger charge is 2.53. The first-order chi connectivity index (χ1) is 12.3. The van der Waals surface area contributed by atoms with Crippen LogP contribution in [0, 0.1) is 0 Å². The van der Waals surface area contributed by atoms with E-state index in [0.717, 1.165) is 12.8 Å². The van der Waals surface area contributed by atoms with Crippen LogP contribution >= 0.6 is 7.37 Å². The van der Waals surface area contributed by atoms with Gasteiger partial charge < -0.3 is 10.00 Å². The summed E-state index contributed by atoms with van der Waals surface area (Å²) in [7, 11) is -3.52. The van der Waals surface area contributed by atoms with Crippen molar-refractivity contribution in [2.75, 3.05) is 19.0 Å². The molecule has 1 fully saturated rings. The zero-order valence-electron chi connectivity index (χ0n) is 15.1. The maximum atomic E-state index is 12.4. The normalized spacial score (nSPS) is 24.8. The van der Waals surface area contributed by atoms with Crippen LogP contribution in [-0.4, -0.2) is 51.6 Å². The van der Waals surface area contributed by atoms with E-state index in [-0.39, 0.29) is 25.0 Å². The number of carbonyl (C=O) groups is 2. The lowest BCUT2D eigenvalue weighted by molar-refractivity contribution is -0.787. The molecule has 1 aliphatic heterocycles. The van der Waals surface area contributed by atoms with Crippen LogP contribution in [0.15, 0.2) is 30.3 Å². The standard InChI is InChI=1S/C18H27N2O5P/c1-15-8-7-12-20(15,18(22)23)17(21)19-14-26(24,25)13-6-5-11-16-9-3-2-4-10-16/h2-4,9-10,15H,5-8,11-14H2,1H3,(H2-,19,21,22,23,24,25)/p+1/t15-,20?/m1/s1. The van der Waals surface area contributed by atoms with Crippen molar-refractivity contribution < 1.29 is 28.6 Å². The topological polar surface area (TPSA) is 104 Å². The van der Waals surface area contributed by atoms with E-state index in [0.29, 0.717) is 19.3 Å². The van der Waals surface area contributed by atoms with E-state index in [4.69, 9.17) is 0 Å². The molecule has 7 nitrogen and oxygen atoms in total. The Morgan fingerprint density at radius 3 is 2.54 bits per heavy atom. The van der Waals surface area contributed by atoms with Gasteiger partial charge in [-0.1, -0.05) is 30.3 Å². The summed E-state index contributed by atoms with van der Waals surface area (Å²) in [6.07, 6.45) is 2.03. The van der Waals surface area contributed by atoms with Crippen LogP contribution in [0.3, 0.4) is 0 Å². The van der Waals surface area contributed by atoms with Crippen molar-refractivity contribution in [2.24, 2.45) is 0 Å². The molecule has 1 aromatic carbocycles. The molecule has 1 aliphatic rings. The number of carbonyl (C=O) groups excluding carboxylic acids is 1. The average molecular weight is 383 g/mol. The highest BCUT2D eigenvalue weighted by molar-refractivity contribution is 7.57. The number of imide groups is 1. The molecule has 3 atom stereocenters. The number of urea groups is 1. The van der Waals surface area contributed by atoms with Gasteiger partial charge in [0.05, 0.1) is 12.8 Å².